The molecule has 3 aromatic rings. The van der Waals surface area contributed by atoms with Crippen molar-refractivity contribution in [3.63, 3.8) is 0 Å². The second-order valence-corrected chi connectivity index (χ2v) is 8.39. The van der Waals surface area contributed by atoms with Gasteiger partial charge in [0.05, 0.1) is 16.1 Å². The van der Waals surface area contributed by atoms with Crippen LogP contribution in [0.15, 0.2) is 60.0 Å². The molecule has 2 heterocycles. The van der Waals surface area contributed by atoms with E-state index in [0.717, 1.165) is 6.42 Å². The van der Waals surface area contributed by atoms with Crippen molar-refractivity contribution in [1.82, 2.24) is 25.1 Å². The zero-order valence-corrected chi connectivity index (χ0v) is 17.5. The summed E-state index contributed by atoms with van der Waals surface area (Å²) in [4.78, 5) is 7.79. The predicted molar refractivity (Wildman–Crippen MR) is 115 cm³/mol. The summed E-state index contributed by atoms with van der Waals surface area (Å²) in [6.45, 7) is 1.36. The molecule has 0 bridgehead atoms. The van der Waals surface area contributed by atoms with Crippen LogP contribution in [0, 0.1) is 0 Å². The first-order valence-corrected chi connectivity index (χ1v) is 10.8. The summed E-state index contributed by atoms with van der Waals surface area (Å²) in [7, 11) is -3.77. The molecular formula is C17H18ClN7O2S2. The van der Waals surface area contributed by atoms with Crippen LogP contribution in [0.5, 0.6) is 0 Å². The van der Waals surface area contributed by atoms with Gasteiger partial charge in [0.1, 0.15) is 0 Å². The number of halogens is 1. The number of anilines is 2. The molecular weight excluding hydrogens is 434 g/mol. The van der Waals surface area contributed by atoms with Crippen LogP contribution in [0.1, 0.15) is 6.42 Å². The fourth-order valence-corrected chi connectivity index (χ4v) is 3.66. The van der Waals surface area contributed by atoms with Gasteiger partial charge in [-0.15, -0.1) is 0 Å². The lowest BCUT2D eigenvalue weighted by molar-refractivity contribution is 0.574. The average Bonchev–Trinajstić information content (AvgIpc) is 3.11. The molecule has 0 saturated heterocycles. The van der Waals surface area contributed by atoms with Crippen molar-refractivity contribution in [3.05, 3.63) is 60.1 Å². The van der Waals surface area contributed by atoms with Crippen molar-refractivity contribution >= 4 is 50.6 Å². The van der Waals surface area contributed by atoms with E-state index in [1.807, 2.05) is 0 Å². The second-order valence-electron chi connectivity index (χ2n) is 5.86. The van der Waals surface area contributed by atoms with Gasteiger partial charge in [0, 0.05) is 37.4 Å². The van der Waals surface area contributed by atoms with E-state index < -0.39 is 10.0 Å². The Kier molecular flexibility index (Phi) is 6.96. The Bertz CT molecular complexity index is 1060. The molecule has 3 rings (SSSR count). The van der Waals surface area contributed by atoms with Crippen LogP contribution in [0.4, 0.5) is 11.6 Å². The molecule has 0 aliphatic heterocycles. The van der Waals surface area contributed by atoms with Crippen LogP contribution in [-0.2, 0) is 16.6 Å². The van der Waals surface area contributed by atoms with Gasteiger partial charge >= 0.3 is 0 Å². The van der Waals surface area contributed by atoms with Crippen molar-refractivity contribution in [1.29, 1.82) is 0 Å². The fraction of sp³-hybridized carbons (Fsp3) is 0.176. The molecule has 0 atom stereocenters. The molecule has 12 heteroatoms. The van der Waals surface area contributed by atoms with Gasteiger partial charge in [0.15, 0.2) is 5.11 Å². The van der Waals surface area contributed by atoms with Crippen molar-refractivity contribution in [2.75, 3.05) is 16.6 Å². The van der Waals surface area contributed by atoms with E-state index in [-0.39, 0.29) is 10.8 Å². The zero-order chi connectivity index (χ0) is 20.7. The number of hydrogen-bond acceptors (Lipinski definition) is 6. The minimum absolute atomic E-state index is 0.0115. The first kappa shape index (κ1) is 21.0. The molecule has 152 valence electrons. The molecule has 0 aliphatic carbocycles. The van der Waals surface area contributed by atoms with E-state index in [0.29, 0.717) is 28.9 Å². The Morgan fingerprint density at radius 2 is 1.90 bits per heavy atom. The van der Waals surface area contributed by atoms with Gasteiger partial charge in [0.25, 0.3) is 10.0 Å². The lowest BCUT2D eigenvalue weighted by atomic mass is 10.3. The summed E-state index contributed by atoms with van der Waals surface area (Å²) in [5, 5.41) is 11.2. The van der Waals surface area contributed by atoms with Crippen molar-refractivity contribution in [2.24, 2.45) is 0 Å². The third-order valence-electron chi connectivity index (χ3n) is 3.67. The summed E-state index contributed by atoms with van der Waals surface area (Å²) in [6.07, 6.45) is 7.07. The van der Waals surface area contributed by atoms with Gasteiger partial charge in [-0.1, -0.05) is 11.6 Å². The van der Waals surface area contributed by atoms with E-state index in [1.165, 1.54) is 24.5 Å². The Hall–Kier alpha value is -2.76. The molecule has 0 unspecified atom stereocenters. The van der Waals surface area contributed by atoms with Crippen molar-refractivity contribution in [2.45, 2.75) is 17.9 Å². The molecule has 0 spiro atoms. The van der Waals surface area contributed by atoms with Gasteiger partial charge in [0.2, 0.25) is 5.95 Å². The summed E-state index contributed by atoms with van der Waals surface area (Å²) < 4.78 is 28.8. The number of hydrogen-bond donors (Lipinski definition) is 3. The highest BCUT2D eigenvalue weighted by Crippen LogP contribution is 2.16. The van der Waals surface area contributed by atoms with Crippen LogP contribution in [0.2, 0.25) is 5.02 Å². The van der Waals surface area contributed by atoms with E-state index in [2.05, 4.69) is 30.4 Å². The highest BCUT2D eigenvalue weighted by Gasteiger charge is 2.15. The average molecular weight is 452 g/mol. The summed E-state index contributed by atoms with van der Waals surface area (Å²) in [5.74, 6) is 0.0115. The van der Waals surface area contributed by atoms with E-state index in [4.69, 9.17) is 23.8 Å². The topological polar surface area (TPSA) is 114 Å². The fourth-order valence-electron chi connectivity index (χ4n) is 2.33. The molecule has 9 nitrogen and oxygen atoms in total. The molecule has 3 N–H and O–H groups in total. The van der Waals surface area contributed by atoms with Gasteiger partial charge in [-0.3, -0.25) is 4.68 Å². The first-order chi connectivity index (χ1) is 13.9. The van der Waals surface area contributed by atoms with Crippen LogP contribution in [-0.4, -0.2) is 39.8 Å². The number of rotatable bonds is 8. The molecule has 2 aromatic heterocycles. The number of aromatic nitrogens is 4. The van der Waals surface area contributed by atoms with Crippen molar-refractivity contribution in [3.8, 4) is 0 Å². The normalized spacial score (nSPS) is 11.1. The van der Waals surface area contributed by atoms with Crippen molar-refractivity contribution < 1.29 is 8.42 Å². The maximum absolute atomic E-state index is 12.4. The summed E-state index contributed by atoms with van der Waals surface area (Å²) in [5.41, 5.74) is 0.663. The number of nitrogens with one attached hydrogen (secondary N) is 3. The molecule has 0 fully saturated rings. The monoisotopic (exact) mass is 451 g/mol. The standard InChI is InChI=1S/C17H18ClN7O2S2/c18-13-11-22-25(12-13)10-2-9-21-17(28)23-14-3-5-15(6-4-14)29(26,27)24-16-19-7-1-8-20-16/h1,3-8,11-12H,2,9-10H2,(H,19,20,24)(H2,21,23,28). The van der Waals surface area contributed by atoms with Gasteiger partial charge in [-0.2, -0.15) is 5.10 Å². The third-order valence-corrected chi connectivity index (χ3v) is 5.45. The van der Waals surface area contributed by atoms with Crippen LogP contribution in [0.25, 0.3) is 0 Å². The van der Waals surface area contributed by atoms with Crippen LogP contribution in [0.3, 0.4) is 0 Å². The molecule has 0 aliphatic rings. The summed E-state index contributed by atoms with van der Waals surface area (Å²) >= 11 is 11.1. The lowest BCUT2D eigenvalue weighted by Crippen LogP contribution is -2.29. The Morgan fingerprint density at radius 3 is 2.55 bits per heavy atom. The minimum Gasteiger partial charge on any atom is -0.362 e. The number of benzene rings is 1. The lowest BCUT2D eigenvalue weighted by Gasteiger charge is -2.11. The quantitative estimate of drug-likeness (QED) is 0.353. The zero-order valence-electron chi connectivity index (χ0n) is 15.1. The molecule has 0 radical (unpaired) electrons. The van der Waals surface area contributed by atoms with Gasteiger partial charge in [-0.05, 0) is 49.0 Å². The molecule has 0 saturated carbocycles. The molecule has 1 aromatic carbocycles. The van der Waals surface area contributed by atoms with Crippen LogP contribution < -0.4 is 15.4 Å². The van der Waals surface area contributed by atoms with E-state index in [1.54, 1.807) is 35.3 Å². The van der Waals surface area contributed by atoms with Gasteiger partial charge in [-0.25, -0.2) is 23.1 Å². The molecule has 0 amide bonds. The SMILES string of the molecule is O=S(=O)(Nc1ncccn1)c1ccc(NC(=S)NCCCn2cc(Cl)cn2)cc1. The first-order valence-electron chi connectivity index (χ1n) is 8.55. The second kappa shape index (κ2) is 9.63. The molecule has 29 heavy (non-hydrogen) atoms. The highest BCUT2D eigenvalue weighted by molar-refractivity contribution is 7.92. The maximum atomic E-state index is 12.4. The number of thiocarbonyl (C=S) groups is 1. The predicted octanol–water partition coefficient (Wildman–Crippen LogP) is 2.50. The Labute approximate surface area is 178 Å². The number of aryl methyl sites for hydroxylation is 1. The number of sulfonamides is 1. The third kappa shape index (κ3) is 6.38. The van der Waals surface area contributed by atoms with E-state index >= 15 is 0 Å². The maximum Gasteiger partial charge on any atom is 0.264 e. The Balaban J connectivity index is 1.47. The Morgan fingerprint density at radius 1 is 1.17 bits per heavy atom. The smallest absolute Gasteiger partial charge is 0.264 e. The largest absolute Gasteiger partial charge is 0.362 e. The van der Waals surface area contributed by atoms with Crippen LogP contribution >= 0.6 is 23.8 Å². The van der Waals surface area contributed by atoms with Gasteiger partial charge < -0.3 is 10.6 Å². The summed E-state index contributed by atoms with van der Waals surface area (Å²) in [6, 6.07) is 7.79. The highest BCUT2D eigenvalue weighted by atomic mass is 35.5. The number of nitrogens with zero attached hydrogens (tertiary/aromatic N) is 4. The van der Waals surface area contributed by atoms with E-state index in [9.17, 15) is 8.42 Å². The minimum atomic E-state index is -3.77.